The minimum Gasteiger partial charge on any atom is -0.449 e. The molecule has 0 unspecified atom stereocenters. The third kappa shape index (κ3) is 1.90. The first kappa shape index (κ1) is 9.13. The average molecular weight is 206 g/mol. The number of carboxylic acid groups (broad SMARTS) is 1. The molecule has 0 aliphatic heterocycles. The van der Waals surface area contributed by atoms with Crippen molar-refractivity contribution < 1.29 is 14.6 Å². The van der Waals surface area contributed by atoms with E-state index in [0.717, 1.165) is 0 Å². The van der Waals surface area contributed by atoms with E-state index >= 15 is 0 Å². The fraction of sp³-hybridized carbons (Fsp3) is 0. The predicted octanol–water partition coefficient (Wildman–Crippen LogP) is 0.719. The summed E-state index contributed by atoms with van der Waals surface area (Å²) in [4.78, 5) is 10.3. The largest absolute Gasteiger partial charge is 0.513 e. The number of rotatable bonds is 2. The van der Waals surface area contributed by atoms with Crippen molar-refractivity contribution in [2.75, 3.05) is 0 Å². The topological polar surface area (TPSA) is 90.1 Å². The first-order valence-corrected chi connectivity index (χ1v) is 4.02. The Hall–Kier alpha value is -2.44. The van der Waals surface area contributed by atoms with E-state index in [2.05, 4.69) is 20.3 Å². The maximum absolute atomic E-state index is 10.3. The van der Waals surface area contributed by atoms with E-state index in [-0.39, 0.29) is 6.01 Å². The summed E-state index contributed by atoms with van der Waals surface area (Å²) in [5.41, 5.74) is 0.624. The summed E-state index contributed by atoms with van der Waals surface area (Å²) in [5.74, 6) is 0. The molecule has 1 aromatic carbocycles. The lowest BCUT2D eigenvalue weighted by atomic mass is 10.3. The predicted molar refractivity (Wildman–Crippen MR) is 47.8 cm³/mol. The van der Waals surface area contributed by atoms with Gasteiger partial charge in [0.1, 0.15) is 0 Å². The number of tetrazole rings is 1. The van der Waals surface area contributed by atoms with E-state index in [9.17, 15) is 4.79 Å². The van der Waals surface area contributed by atoms with Gasteiger partial charge in [-0.3, -0.25) is 0 Å². The van der Waals surface area contributed by atoms with Crippen LogP contribution in [0.2, 0.25) is 0 Å². The molecule has 0 saturated heterocycles. The maximum Gasteiger partial charge on any atom is 0.513 e. The summed E-state index contributed by atoms with van der Waals surface area (Å²) in [5, 5.41) is 18.8. The lowest BCUT2D eigenvalue weighted by molar-refractivity contribution is 0.139. The van der Waals surface area contributed by atoms with Crippen LogP contribution in [-0.4, -0.2) is 31.5 Å². The minimum absolute atomic E-state index is 0.186. The van der Waals surface area contributed by atoms with Gasteiger partial charge in [-0.15, -0.1) is 0 Å². The molecule has 0 saturated carbocycles. The summed E-state index contributed by atoms with van der Waals surface area (Å²) in [6.45, 7) is 0. The van der Waals surface area contributed by atoms with Crippen LogP contribution in [0.4, 0.5) is 4.79 Å². The standard InChI is InChI=1S/C8H6N4O3/c13-8(14)15-7-9-10-11-12(7)6-4-2-1-3-5-6/h1-5H,(H,13,14). The second-order valence-electron chi connectivity index (χ2n) is 2.58. The van der Waals surface area contributed by atoms with Gasteiger partial charge in [0.2, 0.25) is 0 Å². The van der Waals surface area contributed by atoms with Crippen molar-refractivity contribution in [3.05, 3.63) is 30.3 Å². The van der Waals surface area contributed by atoms with Crippen molar-refractivity contribution in [3.8, 4) is 11.7 Å². The molecule has 0 aliphatic rings. The van der Waals surface area contributed by atoms with E-state index in [4.69, 9.17) is 5.11 Å². The van der Waals surface area contributed by atoms with Gasteiger partial charge in [-0.2, -0.15) is 4.68 Å². The summed E-state index contributed by atoms with van der Waals surface area (Å²) in [7, 11) is 0. The van der Waals surface area contributed by atoms with Crippen molar-refractivity contribution in [1.82, 2.24) is 20.2 Å². The van der Waals surface area contributed by atoms with Crippen LogP contribution < -0.4 is 4.74 Å². The minimum atomic E-state index is -1.46. The van der Waals surface area contributed by atoms with Crippen LogP contribution in [0.1, 0.15) is 0 Å². The van der Waals surface area contributed by atoms with Gasteiger partial charge >= 0.3 is 12.2 Å². The summed E-state index contributed by atoms with van der Waals surface area (Å²) >= 11 is 0. The Morgan fingerprint density at radius 3 is 2.73 bits per heavy atom. The van der Waals surface area contributed by atoms with Gasteiger partial charge in [0.25, 0.3) is 0 Å². The van der Waals surface area contributed by atoms with E-state index in [1.165, 1.54) is 4.68 Å². The molecule has 7 heteroatoms. The molecule has 0 radical (unpaired) electrons. The van der Waals surface area contributed by atoms with E-state index in [1.807, 2.05) is 6.07 Å². The van der Waals surface area contributed by atoms with E-state index in [0.29, 0.717) is 5.69 Å². The third-order valence-electron chi connectivity index (χ3n) is 1.62. The highest BCUT2D eigenvalue weighted by molar-refractivity contribution is 5.59. The van der Waals surface area contributed by atoms with Gasteiger partial charge in [-0.05, 0) is 22.6 Å². The zero-order valence-corrected chi connectivity index (χ0v) is 7.44. The smallest absolute Gasteiger partial charge is 0.449 e. The first-order valence-electron chi connectivity index (χ1n) is 4.02. The zero-order valence-electron chi connectivity index (χ0n) is 7.44. The summed E-state index contributed by atoms with van der Waals surface area (Å²) < 4.78 is 5.57. The van der Waals surface area contributed by atoms with Gasteiger partial charge in [-0.25, -0.2) is 4.79 Å². The maximum atomic E-state index is 10.3. The van der Waals surface area contributed by atoms with Crippen LogP contribution in [0.25, 0.3) is 5.69 Å². The lowest BCUT2D eigenvalue weighted by Crippen LogP contribution is -2.09. The number of para-hydroxylation sites is 1. The first-order chi connectivity index (χ1) is 7.27. The molecular formula is C8H6N4O3. The Morgan fingerprint density at radius 1 is 1.33 bits per heavy atom. The lowest BCUT2D eigenvalue weighted by Gasteiger charge is -2.01. The molecule has 76 valence electrons. The molecule has 0 amide bonds. The number of benzene rings is 1. The van der Waals surface area contributed by atoms with Gasteiger partial charge in [-0.1, -0.05) is 23.3 Å². The Kier molecular flexibility index (Phi) is 2.28. The van der Waals surface area contributed by atoms with Gasteiger partial charge < -0.3 is 9.84 Å². The average Bonchev–Trinajstić information content (AvgIpc) is 2.66. The number of ether oxygens (including phenoxy) is 1. The Balaban J connectivity index is 2.37. The van der Waals surface area contributed by atoms with Crippen molar-refractivity contribution in [2.24, 2.45) is 0 Å². The SMILES string of the molecule is O=C(O)Oc1nnnn1-c1ccccc1. The monoisotopic (exact) mass is 206 g/mol. The van der Waals surface area contributed by atoms with E-state index in [1.54, 1.807) is 24.3 Å². The molecule has 0 spiro atoms. The quantitative estimate of drug-likeness (QED) is 0.728. The normalized spacial score (nSPS) is 9.87. The molecule has 0 atom stereocenters. The second-order valence-corrected chi connectivity index (χ2v) is 2.58. The van der Waals surface area contributed by atoms with Crippen LogP contribution in [0.5, 0.6) is 6.01 Å². The van der Waals surface area contributed by atoms with Gasteiger partial charge in [0.15, 0.2) is 0 Å². The summed E-state index contributed by atoms with van der Waals surface area (Å²) in [6.07, 6.45) is -1.46. The van der Waals surface area contributed by atoms with Crippen LogP contribution in [0.3, 0.4) is 0 Å². The molecule has 1 N–H and O–H groups in total. The Bertz CT molecular complexity index is 468. The molecule has 1 heterocycles. The Morgan fingerprint density at radius 2 is 2.07 bits per heavy atom. The zero-order chi connectivity index (χ0) is 10.7. The van der Waals surface area contributed by atoms with Crippen LogP contribution in [0.15, 0.2) is 30.3 Å². The highest BCUT2D eigenvalue weighted by Gasteiger charge is 2.12. The molecular weight excluding hydrogens is 200 g/mol. The van der Waals surface area contributed by atoms with Crippen LogP contribution >= 0.6 is 0 Å². The number of aromatic nitrogens is 4. The van der Waals surface area contributed by atoms with Gasteiger partial charge in [0.05, 0.1) is 5.69 Å². The fourth-order valence-corrected chi connectivity index (χ4v) is 1.05. The van der Waals surface area contributed by atoms with Crippen LogP contribution in [0, 0.1) is 0 Å². The van der Waals surface area contributed by atoms with Crippen molar-refractivity contribution in [2.45, 2.75) is 0 Å². The molecule has 15 heavy (non-hydrogen) atoms. The number of hydrogen-bond donors (Lipinski definition) is 1. The number of carbonyl (C=O) groups is 1. The molecule has 0 aliphatic carbocycles. The Labute approximate surface area is 83.9 Å². The van der Waals surface area contributed by atoms with Crippen molar-refractivity contribution >= 4 is 6.16 Å². The highest BCUT2D eigenvalue weighted by atomic mass is 16.7. The highest BCUT2D eigenvalue weighted by Crippen LogP contribution is 2.12. The second kappa shape index (κ2) is 3.74. The van der Waals surface area contributed by atoms with E-state index < -0.39 is 6.16 Å². The van der Waals surface area contributed by atoms with Gasteiger partial charge in [0, 0.05) is 0 Å². The molecule has 7 nitrogen and oxygen atoms in total. The van der Waals surface area contributed by atoms with Crippen LogP contribution in [-0.2, 0) is 0 Å². The summed E-state index contributed by atoms with van der Waals surface area (Å²) in [6, 6.07) is 8.65. The molecule has 0 bridgehead atoms. The number of hydrogen-bond acceptors (Lipinski definition) is 5. The molecule has 2 aromatic rings. The molecule has 1 aromatic heterocycles. The molecule has 0 fully saturated rings. The number of nitrogens with zero attached hydrogens (tertiary/aromatic N) is 4. The molecule has 2 rings (SSSR count). The third-order valence-corrected chi connectivity index (χ3v) is 1.62. The van der Waals surface area contributed by atoms with Crippen molar-refractivity contribution in [3.63, 3.8) is 0 Å². The fourth-order valence-electron chi connectivity index (χ4n) is 1.05. The van der Waals surface area contributed by atoms with Crippen molar-refractivity contribution in [1.29, 1.82) is 0 Å².